The lowest BCUT2D eigenvalue weighted by molar-refractivity contribution is 0.277. The third-order valence-corrected chi connectivity index (χ3v) is 3.86. The fourth-order valence-corrected chi connectivity index (χ4v) is 2.39. The van der Waals surface area contributed by atoms with Crippen molar-refractivity contribution in [3.63, 3.8) is 0 Å². The number of hydrogen-bond donors (Lipinski definition) is 1. The van der Waals surface area contributed by atoms with Gasteiger partial charge in [-0.1, -0.05) is 37.5 Å². The Morgan fingerprint density at radius 1 is 1.33 bits per heavy atom. The summed E-state index contributed by atoms with van der Waals surface area (Å²) in [4.78, 5) is 0. The summed E-state index contributed by atoms with van der Waals surface area (Å²) in [6.07, 6.45) is 5.35. The van der Waals surface area contributed by atoms with Gasteiger partial charge in [-0.3, -0.25) is 0 Å². The minimum Gasteiger partial charge on any atom is -0.324 e. The molecule has 1 nitrogen and oxygen atoms in total. The van der Waals surface area contributed by atoms with Crippen LogP contribution in [0.2, 0.25) is 0 Å². The largest absolute Gasteiger partial charge is 0.324 e. The van der Waals surface area contributed by atoms with E-state index in [1.807, 2.05) is 0 Å². The zero-order valence-corrected chi connectivity index (χ0v) is 9.79. The van der Waals surface area contributed by atoms with Crippen LogP contribution in [-0.4, -0.2) is 0 Å². The second-order valence-corrected chi connectivity index (χ2v) is 4.93. The highest BCUT2D eigenvalue weighted by Crippen LogP contribution is 2.34. The van der Waals surface area contributed by atoms with Crippen LogP contribution in [0.1, 0.15) is 48.4 Å². The summed E-state index contributed by atoms with van der Waals surface area (Å²) in [7, 11) is 0. The van der Waals surface area contributed by atoms with Crippen molar-refractivity contribution < 1.29 is 0 Å². The summed E-state index contributed by atoms with van der Waals surface area (Å²) in [5.41, 5.74) is 10.4. The lowest BCUT2D eigenvalue weighted by Gasteiger charge is -2.29. The highest BCUT2D eigenvalue weighted by molar-refractivity contribution is 5.35. The number of aryl methyl sites for hydroxylation is 1. The van der Waals surface area contributed by atoms with Gasteiger partial charge < -0.3 is 5.73 Å². The van der Waals surface area contributed by atoms with Crippen molar-refractivity contribution in [2.45, 2.75) is 45.6 Å². The predicted molar refractivity (Wildman–Crippen MR) is 64.8 cm³/mol. The van der Waals surface area contributed by atoms with Crippen molar-refractivity contribution in [2.24, 2.45) is 11.7 Å². The Kier molecular flexibility index (Phi) is 3.11. The highest BCUT2D eigenvalue weighted by Gasteiger charge is 2.21. The lowest BCUT2D eigenvalue weighted by Crippen LogP contribution is -2.20. The van der Waals surface area contributed by atoms with Crippen molar-refractivity contribution in [2.75, 3.05) is 0 Å². The van der Waals surface area contributed by atoms with Gasteiger partial charge in [-0.05, 0) is 42.9 Å². The molecule has 0 heterocycles. The standard InChI is InChI=1S/C14H21N/c1-10-5-3-8-13(11(10)2)14(15)9-12-6-4-7-12/h3,5,8,12,14H,4,6-7,9,15H2,1-2H3. The fourth-order valence-electron chi connectivity index (χ4n) is 2.39. The molecule has 0 aromatic heterocycles. The normalized spacial score (nSPS) is 18.6. The minimum absolute atomic E-state index is 0.246. The van der Waals surface area contributed by atoms with E-state index in [0.717, 1.165) is 5.92 Å². The van der Waals surface area contributed by atoms with Gasteiger partial charge in [-0.2, -0.15) is 0 Å². The SMILES string of the molecule is Cc1cccc(C(N)CC2CCC2)c1C. The summed E-state index contributed by atoms with van der Waals surface area (Å²) in [6.45, 7) is 4.35. The molecule has 1 atom stereocenters. The van der Waals surface area contributed by atoms with E-state index in [0.29, 0.717) is 0 Å². The van der Waals surface area contributed by atoms with E-state index in [1.165, 1.54) is 42.4 Å². The molecule has 1 saturated carbocycles. The van der Waals surface area contributed by atoms with Gasteiger partial charge in [0.15, 0.2) is 0 Å². The Balaban J connectivity index is 2.09. The smallest absolute Gasteiger partial charge is 0.0300 e. The third-order valence-electron chi connectivity index (χ3n) is 3.86. The first kappa shape index (κ1) is 10.7. The summed E-state index contributed by atoms with van der Waals surface area (Å²) >= 11 is 0. The second kappa shape index (κ2) is 4.36. The molecule has 0 spiro atoms. The van der Waals surface area contributed by atoms with Crippen molar-refractivity contribution in [1.82, 2.24) is 0 Å². The van der Waals surface area contributed by atoms with E-state index in [9.17, 15) is 0 Å². The molecule has 1 unspecified atom stereocenters. The van der Waals surface area contributed by atoms with E-state index in [1.54, 1.807) is 0 Å². The predicted octanol–water partition coefficient (Wildman–Crippen LogP) is 3.49. The monoisotopic (exact) mass is 203 g/mol. The topological polar surface area (TPSA) is 26.0 Å². The lowest BCUT2D eigenvalue weighted by atomic mass is 9.79. The van der Waals surface area contributed by atoms with Gasteiger partial charge in [-0.15, -0.1) is 0 Å². The zero-order chi connectivity index (χ0) is 10.8. The molecule has 0 radical (unpaired) electrons. The Bertz CT molecular complexity index is 339. The van der Waals surface area contributed by atoms with Crippen LogP contribution in [0.25, 0.3) is 0 Å². The van der Waals surface area contributed by atoms with Gasteiger partial charge in [-0.25, -0.2) is 0 Å². The molecule has 82 valence electrons. The Morgan fingerprint density at radius 3 is 2.67 bits per heavy atom. The Hall–Kier alpha value is -0.820. The number of hydrogen-bond acceptors (Lipinski definition) is 1. The van der Waals surface area contributed by atoms with E-state index in [2.05, 4.69) is 32.0 Å². The summed E-state index contributed by atoms with van der Waals surface area (Å²) < 4.78 is 0. The third kappa shape index (κ3) is 2.23. The van der Waals surface area contributed by atoms with Gasteiger partial charge in [0.25, 0.3) is 0 Å². The van der Waals surface area contributed by atoms with Crippen molar-refractivity contribution in [3.05, 3.63) is 34.9 Å². The van der Waals surface area contributed by atoms with Crippen LogP contribution in [0.15, 0.2) is 18.2 Å². The Labute approximate surface area is 92.7 Å². The highest BCUT2D eigenvalue weighted by atomic mass is 14.6. The number of rotatable bonds is 3. The van der Waals surface area contributed by atoms with Crippen LogP contribution in [0.4, 0.5) is 0 Å². The molecule has 15 heavy (non-hydrogen) atoms. The fraction of sp³-hybridized carbons (Fsp3) is 0.571. The molecule has 0 saturated heterocycles. The van der Waals surface area contributed by atoms with Crippen molar-refractivity contribution in [3.8, 4) is 0 Å². The van der Waals surface area contributed by atoms with E-state index in [-0.39, 0.29) is 6.04 Å². The molecule has 1 aromatic carbocycles. The molecule has 0 amide bonds. The summed E-state index contributed by atoms with van der Waals surface area (Å²) in [5.74, 6) is 0.889. The van der Waals surface area contributed by atoms with Crippen LogP contribution in [-0.2, 0) is 0 Å². The molecule has 2 N–H and O–H groups in total. The first-order valence-corrected chi connectivity index (χ1v) is 6.00. The second-order valence-electron chi connectivity index (χ2n) is 4.93. The molecule has 1 aliphatic carbocycles. The van der Waals surface area contributed by atoms with E-state index < -0.39 is 0 Å². The van der Waals surface area contributed by atoms with Crippen LogP contribution in [0, 0.1) is 19.8 Å². The quantitative estimate of drug-likeness (QED) is 0.799. The average Bonchev–Trinajstić information content (AvgIpc) is 2.15. The molecule has 0 aliphatic heterocycles. The van der Waals surface area contributed by atoms with Gasteiger partial charge in [0.2, 0.25) is 0 Å². The molecular weight excluding hydrogens is 182 g/mol. The molecule has 0 bridgehead atoms. The first-order valence-electron chi connectivity index (χ1n) is 6.00. The maximum Gasteiger partial charge on any atom is 0.0300 e. The van der Waals surface area contributed by atoms with Gasteiger partial charge >= 0.3 is 0 Å². The van der Waals surface area contributed by atoms with Gasteiger partial charge in [0, 0.05) is 6.04 Å². The Morgan fingerprint density at radius 2 is 2.07 bits per heavy atom. The van der Waals surface area contributed by atoms with Gasteiger partial charge in [0.1, 0.15) is 0 Å². The molecule has 1 aromatic rings. The van der Waals surface area contributed by atoms with E-state index in [4.69, 9.17) is 5.73 Å². The molecule has 1 fully saturated rings. The average molecular weight is 203 g/mol. The molecule has 1 heteroatoms. The maximum absolute atomic E-state index is 6.28. The van der Waals surface area contributed by atoms with Crippen LogP contribution in [0.5, 0.6) is 0 Å². The number of benzene rings is 1. The molecular formula is C14H21N. The molecule has 1 aliphatic rings. The molecule has 2 rings (SSSR count). The maximum atomic E-state index is 6.28. The summed E-state index contributed by atoms with van der Waals surface area (Å²) in [6, 6.07) is 6.72. The zero-order valence-electron chi connectivity index (χ0n) is 9.79. The van der Waals surface area contributed by atoms with Crippen molar-refractivity contribution in [1.29, 1.82) is 0 Å². The minimum atomic E-state index is 0.246. The summed E-state index contributed by atoms with van der Waals surface area (Å²) in [5, 5.41) is 0. The first-order chi connectivity index (χ1) is 7.18. The van der Waals surface area contributed by atoms with Crippen LogP contribution < -0.4 is 5.73 Å². The van der Waals surface area contributed by atoms with Crippen LogP contribution in [0.3, 0.4) is 0 Å². The van der Waals surface area contributed by atoms with Crippen molar-refractivity contribution >= 4 is 0 Å². The van der Waals surface area contributed by atoms with E-state index >= 15 is 0 Å². The number of nitrogens with two attached hydrogens (primary N) is 1. The van der Waals surface area contributed by atoms with Crippen LogP contribution >= 0.6 is 0 Å². The van der Waals surface area contributed by atoms with Gasteiger partial charge in [0.05, 0.1) is 0 Å².